The summed E-state index contributed by atoms with van der Waals surface area (Å²) in [6.45, 7) is 7.55. The summed E-state index contributed by atoms with van der Waals surface area (Å²) >= 11 is 0. The Bertz CT molecular complexity index is 780. The Morgan fingerprint density at radius 2 is 1.96 bits per heavy atom. The second-order valence-electron chi connectivity index (χ2n) is 6.61. The van der Waals surface area contributed by atoms with E-state index in [9.17, 15) is 9.59 Å². The lowest BCUT2D eigenvalue weighted by molar-refractivity contribution is -0.0275. The molecule has 0 radical (unpaired) electrons. The summed E-state index contributed by atoms with van der Waals surface area (Å²) in [7, 11) is 0. The SMILES string of the molecule is CC(=O)c1c(C)[nH]c(C(=O)CN2CCO[C@@H](c3ccccc3)C2)c1C. The Hall–Kier alpha value is -2.24. The van der Waals surface area contributed by atoms with Crippen LogP contribution in [0.4, 0.5) is 0 Å². The van der Waals surface area contributed by atoms with E-state index in [4.69, 9.17) is 4.74 Å². The Labute approximate surface area is 148 Å². The third kappa shape index (κ3) is 3.72. The number of hydrogen-bond donors (Lipinski definition) is 1. The molecule has 1 atom stereocenters. The number of aromatic amines is 1. The summed E-state index contributed by atoms with van der Waals surface area (Å²) in [4.78, 5) is 29.7. The highest BCUT2D eigenvalue weighted by Gasteiger charge is 2.26. The molecule has 1 aromatic carbocycles. The quantitative estimate of drug-likeness (QED) is 0.850. The molecule has 2 heterocycles. The number of nitrogens with zero attached hydrogens (tertiary/aromatic N) is 1. The van der Waals surface area contributed by atoms with Crippen LogP contribution in [0.3, 0.4) is 0 Å². The molecule has 0 amide bonds. The van der Waals surface area contributed by atoms with E-state index >= 15 is 0 Å². The van der Waals surface area contributed by atoms with E-state index in [-0.39, 0.29) is 17.7 Å². The van der Waals surface area contributed by atoms with Gasteiger partial charge in [0, 0.05) is 24.3 Å². The first-order valence-corrected chi connectivity index (χ1v) is 8.59. The maximum absolute atomic E-state index is 12.7. The van der Waals surface area contributed by atoms with Crippen molar-refractivity contribution in [3.05, 3.63) is 58.4 Å². The standard InChI is InChI=1S/C20H24N2O3/c1-13-19(15(3)23)14(2)21-20(13)17(24)11-22-9-10-25-18(12-22)16-7-5-4-6-8-16/h4-8,18,21H,9-12H2,1-3H3/t18-/m1/s1. The molecule has 3 rings (SSSR count). The summed E-state index contributed by atoms with van der Waals surface area (Å²) in [6.07, 6.45) is -0.0120. The van der Waals surface area contributed by atoms with Gasteiger partial charge in [-0.15, -0.1) is 0 Å². The number of ether oxygens (including phenoxy) is 1. The maximum atomic E-state index is 12.7. The fourth-order valence-corrected chi connectivity index (χ4v) is 3.55. The van der Waals surface area contributed by atoms with Gasteiger partial charge in [0.25, 0.3) is 0 Å². The van der Waals surface area contributed by atoms with Crippen molar-refractivity contribution in [1.29, 1.82) is 0 Å². The zero-order valence-corrected chi connectivity index (χ0v) is 15.0. The van der Waals surface area contributed by atoms with Gasteiger partial charge in [-0.25, -0.2) is 0 Å². The first-order chi connectivity index (χ1) is 12.0. The fourth-order valence-electron chi connectivity index (χ4n) is 3.55. The average molecular weight is 340 g/mol. The summed E-state index contributed by atoms with van der Waals surface area (Å²) in [5.74, 6) is 0.00243. The smallest absolute Gasteiger partial charge is 0.193 e. The van der Waals surface area contributed by atoms with Gasteiger partial charge in [0.05, 0.1) is 24.9 Å². The number of hydrogen-bond acceptors (Lipinski definition) is 4. The van der Waals surface area contributed by atoms with Crippen molar-refractivity contribution in [2.24, 2.45) is 0 Å². The third-order valence-electron chi connectivity index (χ3n) is 4.76. The minimum absolute atomic E-state index is 0.0120. The molecule has 1 saturated heterocycles. The monoisotopic (exact) mass is 340 g/mol. The Morgan fingerprint density at radius 3 is 2.60 bits per heavy atom. The predicted molar refractivity (Wildman–Crippen MR) is 96.2 cm³/mol. The molecule has 0 aliphatic carbocycles. The van der Waals surface area contributed by atoms with Crippen molar-refractivity contribution in [2.45, 2.75) is 26.9 Å². The zero-order chi connectivity index (χ0) is 18.0. The average Bonchev–Trinajstić information content (AvgIpc) is 2.90. The predicted octanol–water partition coefficient (Wildman–Crippen LogP) is 3.09. The first kappa shape index (κ1) is 17.6. The molecule has 25 heavy (non-hydrogen) atoms. The van der Waals surface area contributed by atoms with Crippen molar-refractivity contribution in [1.82, 2.24) is 9.88 Å². The maximum Gasteiger partial charge on any atom is 0.193 e. The van der Waals surface area contributed by atoms with Gasteiger partial charge in [-0.3, -0.25) is 14.5 Å². The Morgan fingerprint density at radius 1 is 1.24 bits per heavy atom. The minimum atomic E-state index is -0.0131. The second kappa shape index (κ2) is 7.33. The number of ketones is 2. The molecule has 1 N–H and O–H groups in total. The number of carbonyl (C=O) groups is 2. The van der Waals surface area contributed by atoms with Crippen LogP contribution in [-0.4, -0.2) is 47.7 Å². The molecule has 132 valence electrons. The van der Waals surface area contributed by atoms with Gasteiger partial charge >= 0.3 is 0 Å². The zero-order valence-electron chi connectivity index (χ0n) is 15.0. The van der Waals surface area contributed by atoms with Gasteiger partial charge in [0.1, 0.15) is 0 Å². The Balaban J connectivity index is 1.71. The molecule has 0 spiro atoms. The fraction of sp³-hybridized carbons (Fsp3) is 0.400. The molecule has 1 aliphatic heterocycles. The summed E-state index contributed by atoms with van der Waals surface area (Å²) < 4.78 is 5.85. The summed E-state index contributed by atoms with van der Waals surface area (Å²) in [5, 5.41) is 0. The number of Topliss-reactive ketones (excluding diaryl/α,β-unsaturated/α-hetero) is 2. The number of H-pyrrole nitrogens is 1. The van der Waals surface area contributed by atoms with Crippen LogP contribution < -0.4 is 0 Å². The third-order valence-corrected chi connectivity index (χ3v) is 4.76. The molecule has 1 aliphatic rings. The van der Waals surface area contributed by atoms with Crippen LogP contribution in [0.15, 0.2) is 30.3 Å². The highest BCUT2D eigenvalue weighted by atomic mass is 16.5. The molecule has 5 nitrogen and oxygen atoms in total. The van der Waals surface area contributed by atoms with Gasteiger partial charge in [0.2, 0.25) is 0 Å². The molecule has 0 bridgehead atoms. The molecule has 5 heteroatoms. The van der Waals surface area contributed by atoms with Crippen molar-refractivity contribution in [3.8, 4) is 0 Å². The lowest BCUT2D eigenvalue weighted by Gasteiger charge is -2.32. The lowest BCUT2D eigenvalue weighted by atomic mass is 10.0. The number of morpholine rings is 1. The van der Waals surface area contributed by atoms with Crippen LogP contribution in [0, 0.1) is 13.8 Å². The second-order valence-corrected chi connectivity index (χ2v) is 6.61. The van der Waals surface area contributed by atoms with E-state index in [0.29, 0.717) is 31.0 Å². The molecule has 1 aromatic heterocycles. The van der Waals surface area contributed by atoms with Gasteiger partial charge in [0.15, 0.2) is 11.6 Å². The largest absolute Gasteiger partial charge is 0.371 e. The van der Waals surface area contributed by atoms with E-state index in [0.717, 1.165) is 23.4 Å². The van der Waals surface area contributed by atoms with Crippen molar-refractivity contribution >= 4 is 11.6 Å². The minimum Gasteiger partial charge on any atom is -0.371 e. The van der Waals surface area contributed by atoms with Crippen molar-refractivity contribution in [3.63, 3.8) is 0 Å². The molecular formula is C20H24N2O3. The summed E-state index contributed by atoms with van der Waals surface area (Å²) in [6, 6.07) is 10.1. The van der Waals surface area contributed by atoms with E-state index < -0.39 is 0 Å². The number of benzene rings is 1. The number of carbonyl (C=O) groups excluding carboxylic acids is 2. The number of aromatic nitrogens is 1. The van der Waals surface area contributed by atoms with Gasteiger partial charge in [-0.05, 0) is 31.9 Å². The van der Waals surface area contributed by atoms with Crippen LogP contribution in [0.25, 0.3) is 0 Å². The van der Waals surface area contributed by atoms with Crippen molar-refractivity contribution < 1.29 is 14.3 Å². The number of nitrogens with one attached hydrogen (secondary N) is 1. The van der Waals surface area contributed by atoms with Crippen LogP contribution in [0.2, 0.25) is 0 Å². The molecule has 2 aromatic rings. The van der Waals surface area contributed by atoms with Gasteiger partial charge in [-0.2, -0.15) is 0 Å². The summed E-state index contributed by atoms with van der Waals surface area (Å²) in [5.41, 5.74) is 3.82. The van der Waals surface area contributed by atoms with Crippen LogP contribution in [0.5, 0.6) is 0 Å². The van der Waals surface area contributed by atoms with E-state index in [1.54, 1.807) is 0 Å². The van der Waals surface area contributed by atoms with Crippen LogP contribution in [0.1, 0.15) is 50.7 Å². The first-order valence-electron chi connectivity index (χ1n) is 8.59. The van der Waals surface area contributed by atoms with Crippen LogP contribution in [-0.2, 0) is 4.74 Å². The normalized spacial score (nSPS) is 18.3. The molecule has 0 saturated carbocycles. The van der Waals surface area contributed by atoms with Gasteiger partial charge < -0.3 is 9.72 Å². The molecule has 0 unspecified atom stereocenters. The lowest BCUT2D eigenvalue weighted by Crippen LogP contribution is -2.41. The van der Waals surface area contributed by atoms with Gasteiger partial charge in [-0.1, -0.05) is 30.3 Å². The number of aryl methyl sites for hydroxylation is 1. The molecule has 1 fully saturated rings. The van der Waals surface area contributed by atoms with Crippen LogP contribution >= 0.6 is 0 Å². The van der Waals surface area contributed by atoms with E-state index in [1.807, 2.05) is 44.2 Å². The highest BCUT2D eigenvalue weighted by molar-refractivity contribution is 6.03. The Kier molecular flexibility index (Phi) is 5.16. The van der Waals surface area contributed by atoms with Crippen molar-refractivity contribution in [2.75, 3.05) is 26.2 Å². The number of rotatable bonds is 5. The van der Waals surface area contributed by atoms with E-state index in [1.165, 1.54) is 6.92 Å². The van der Waals surface area contributed by atoms with E-state index in [2.05, 4.69) is 9.88 Å². The highest BCUT2D eigenvalue weighted by Crippen LogP contribution is 2.23. The molecular weight excluding hydrogens is 316 g/mol. The topological polar surface area (TPSA) is 62.4 Å².